The molecule has 2 aliphatic rings. The molecule has 1 saturated heterocycles. The van der Waals surface area contributed by atoms with Crippen molar-refractivity contribution < 1.29 is 22.3 Å². The maximum absolute atomic E-state index is 13.1. The Bertz CT molecular complexity index is 911. The summed E-state index contributed by atoms with van der Waals surface area (Å²) in [5.41, 5.74) is 0.932. The Balaban J connectivity index is 1.42. The highest BCUT2D eigenvalue weighted by Gasteiger charge is 2.31. The van der Waals surface area contributed by atoms with Crippen LogP contribution in [0.1, 0.15) is 18.4 Å². The lowest BCUT2D eigenvalue weighted by molar-refractivity contribution is 0.128. The van der Waals surface area contributed by atoms with Crippen molar-refractivity contribution >= 4 is 10.0 Å². The van der Waals surface area contributed by atoms with E-state index in [1.807, 2.05) is 0 Å². The van der Waals surface area contributed by atoms with Crippen molar-refractivity contribution in [2.75, 3.05) is 19.7 Å². The van der Waals surface area contributed by atoms with Gasteiger partial charge in [-0.15, -0.1) is 0 Å². The third-order valence-electron chi connectivity index (χ3n) is 4.68. The zero-order chi connectivity index (χ0) is 18.1. The van der Waals surface area contributed by atoms with Gasteiger partial charge in [0.05, 0.1) is 11.5 Å². The van der Waals surface area contributed by atoms with Gasteiger partial charge in [-0.25, -0.2) is 8.42 Å². The molecule has 3 heterocycles. The largest absolute Gasteiger partial charge is 0.493 e. The van der Waals surface area contributed by atoms with E-state index < -0.39 is 16.0 Å². The fourth-order valence-electron chi connectivity index (χ4n) is 3.29. The molecule has 26 heavy (non-hydrogen) atoms. The number of aromatic nitrogens is 1. The highest BCUT2D eigenvalue weighted by atomic mass is 32.2. The molecule has 2 aromatic rings. The predicted molar refractivity (Wildman–Crippen MR) is 92.2 cm³/mol. The summed E-state index contributed by atoms with van der Waals surface area (Å²) >= 11 is 0. The number of nitrogens with zero attached hydrogens (tertiary/aromatic N) is 2. The highest BCUT2D eigenvalue weighted by molar-refractivity contribution is 7.89. The molecule has 1 aromatic heterocycles. The van der Waals surface area contributed by atoms with Crippen molar-refractivity contribution in [3.63, 3.8) is 0 Å². The minimum absolute atomic E-state index is 0.177. The molecule has 6 nitrogen and oxygen atoms in total. The quantitative estimate of drug-likeness (QED) is 0.764. The Morgan fingerprint density at radius 1 is 1.19 bits per heavy atom. The topological polar surface area (TPSA) is 68.7 Å². The molecule has 0 unspecified atom stereocenters. The lowest BCUT2D eigenvalue weighted by Crippen LogP contribution is -2.41. The standard InChI is InChI=1S/C18H19FN2O4S/c19-17-2-1-3-18(20-17)25-14-6-9-21(10-7-14)26(22,23)15-4-5-16-13(12-15)8-11-24-16/h1-5,12,14H,6-11H2. The lowest BCUT2D eigenvalue weighted by Gasteiger charge is -2.31. The van der Waals surface area contributed by atoms with Crippen LogP contribution in [-0.4, -0.2) is 43.5 Å². The van der Waals surface area contributed by atoms with Crippen molar-refractivity contribution in [1.29, 1.82) is 0 Å². The fraction of sp³-hybridized carbons (Fsp3) is 0.389. The van der Waals surface area contributed by atoms with Crippen molar-refractivity contribution in [3.05, 3.63) is 47.9 Å². The van der Waals surface area contributed by atoms with E-state index in [1.54, 1.807) is 24.3 Å². The molecule has 0 atom stereocenters. The van der Waals surface area contributed by atoms with Crippen LogP contribution in [0.15, 0.2) is 41.3 Å². The van der Waals surface area contributed by atoms with Crippen molar-refractivity contribution in [2.24, 2.45) is 0 Å². The zero-order valence-electron chi connectivity index (χ0n) is 14.1. The fourth-order valence-corrected chi connectivity index (χ4v) is 4.81. The van der Waals surface area contributed by atoms with E-state index in [0.717, 1.165) is 17.7 Å². The average Bonchev–Trinajstić information content (AvgIpc) is 3.10. The molecule has 1 fully saturated rings. The summed E-state index contributed by atoms with van der Waals surface area (Å²) in [7, 11) is -3.54. The Morgan fingerprint density at radius 2 is 2.00 bits per heavy atom. The molecule has 0 N–H and O–H groups in total. The van der Waals surface area contributed by atoms with Gasteiger partial charge in [0.15, 0.2) is 0 Å². The van der Waals surface area contributed by atoms with Gasteiger partial charge in [-0.1, -0.05) is 6.07 Å². The summed E-state index contributed by atoms with van der Waals surface area (Å²) in [6, 6.07) is 9.41. The number of pyridine rings is 1. The minimum atomic E-state index is -3.54. The van der Waals surface area contributed by atoms with E-state index in [2.05, 4.69) is 4.98 Å². The minimum Gasteiger partial charge on any atom is -0.493 e. The Morgan fingerprint density at radius 3 is 2.77 bits per heavy atom. The molecule has 4 rings (SSSR count). The first kappa shape index (κ1) is 17.2. The van der Waals surface area contributed by atoms with Crippen LogP contribution in [-0.2, 0) is 16.4 Å². The summed E-state index contributed by atoms with van der Waals surface area (Å²) in [6.07, 6.45) is 1.62. The molecular formula is C18H19FN2O4S. The first-order valence-corrected chi connectivity index (χ1v) is 10.0. The highest BCUT2D eigenvalue weighted by Crippen LogP contribution is 2.30. The number of sulfonamides is 1. The Kier molecular flexibility index (Phi) is 4.54. The second kappa shape index (κ2) is 6.85. The van der Waals surface area contributed by atoms with Crippen molar-refractivity contribution in [1.82, 2.24) is 9.29 Å². The number of hydrogen-bond donors (Lipinski definition) is 0. The van der Waals surface area contributed by atoms with Crippen LogP contribution in [0, 0.1) is 5.95 Å². The molecule has 0 spiro atoms. The van der Waals surface area contributed by atoms with Gasteiger partial charge >= 0.3 is 0 Å². The summed E-state index contributed by atoms with van der Waals surface area (Å²) in [6.45, 7) is 1.31. The number of rotatable bonds is 4. The molecule has 0 radical (unpaired) electrons. The van der Waals surface area contributed by atoms with E-state index in [1.165, 1.54) is 16.4 Å². The summed E-state index contributed by atoms with van der Waals surface area (Å²) in [5.74, 6) is 0.395. The molecule has 0 bridgehead atoms. The normalized spacial score (nSPS) is 18.3. The van der Waals surface area contributed by atoms with Crippen LogP contribution in [0.2, 0.25) is 0 Å². The van der Waals surface area contributed by atoms with E-state index in [-0.39, 0.29) is 12.0 Å². The number of ether oxygens (including phenoxy) is 2. The average molecular weight is 378 g/mol. The van der Waals surface area contributed by atoms with Crippen molar-refractivity contribution in [2.45, 2.75) is 30.3 Å². The van der Waals surface area contributed by atoms with Gasteiger partial charge in [0.2, 0.25) is 21.9 Å². The van der Waals surface area contributed by atoms with Crippen LogP contribution in [0.4, 0.5) is 4.39 Å². The maximum Gasteiger partial charge on any atom is 0.243 e. The summed E-state index contributed by atoms with van der Waals surface area (Å²) in [5, 5.41) is 0. The van der Waals surface area contributed by atoms with Gasteiger partial charge in [0.25, 0.3) is 0 Å². The molecule has 2 aliphatic heterocycles. The monoisotopic (exact) mass is 378 g/mol. The van der Waals surface area contributed by atoms with E-state index >= 15 is 0 Å². The van der Waals surface area contributed by atoms with Crippen LogP contribution in [0.3, 0.4) is 0 Å². The molecule has 0 saturated carbocycles. The van der Waals surface area contributed by atoms with Gasteiger partial charge in [0.1, 0.15) is 11.9 Å². The number of halogens is 1. The van der Waals surface area contributed by atoms with E-state index in [9.17, 15) is 12.8 Å². The van der Waals surface area contributed by atoms with Crippen LogP contribution < -0.4 is 9.47 Å². The molecule has 0 aliphatic carbocycles. The van der Waals surface area contributed by atoms with E-state index in [4.69, 9.17) is 9.47 Å². The van der Waals surface area contributed by atoms with Crippen LogP contribution in [0.25, 0.3) is 0 Å². The maximum atomic E-state index is 13.1. The van der Waals surface area contributed by atoms with Crippen molar-refractivity contribution in [3.8, 4) is 11.6 Å². The van der Waals surface area contributed by atoms with Gasteiger partial charge in [-0.05, 0) is 42.7 Å². The lowest BCUT2D eigenvalue weighted by atomic mass is 10.1. The SMILES string of the molecule is O=S(=O)(c1ccc2c(c1)CCO2)N1CCC(Oc2cccc(F)n2)CC1. The van der Waals surface area contributed by atoms with Gasteiger partial charge in [-0.3, -0.25) is 0 Å². The molecule has 1 aromatic carbocycles. The zero-order valence-corrected chi connectivity index (χ0v) is 14.9. The number of fused-ring (bicyclic) bond motifs is 1. The van der Waals surface area contributed by atoms with E-state index in [0.29, 0.717) is 37.4 Å². The first-order chi connectivity index (χ1) is 12.5. The van der Waals surface area contributed by atoms with Crippen LogP contribution >= 0.6 is 0 Å². The Hall–Kier alpha value is -2.19. The smallest absolute Gasteiger partial charge is 0.243 e. The molecular weight excluding hydrogens is 359 g/mol. The first-order valence-electron chi connectivity index (χ1n) is 8.57. The van der Waals surface area contributed by atoms with Gasteiger partial charge in [0, 0.05) is 25.6 Å². The van der Waals surface area contributed by atoms with Crippen LogP contribution in [0.5, 0.6) is 11.6 Å². The van der Waals surface area contributed by atoms with Gasteiger partial charge < -0.3 is 9.47 Å². The number of piperidine rings is 1. The summed E-state index contributed by atoms with van der Waals surface area (Å²) in [4.78, 5) is 3.98. The third kappa shape index (κ3) is 3.39. The predicted octanol–water partition coefficient (Wildman–Crippen LogP) is 2.39. The second-order valence-corrected chi connectivity index (χ2v) is 8.33. The third-order valence-corrected chi connectivity index (χ3v) is 6.57. The molecule has 8 heteroatoms. The number of benzene rings is 1. The summed E-state index contributed by atoms with van der Waals surface area (Å²) < 4.78 is 51.5. The number of hydrogen-bond acceptors (Lipinski definition) is 5. The Labute approximate surface area is 151 Å². The molecule has 0 amide bonds. The second-order valence-electron chi connectivity index (χ2n) is 6.39. The molecule has 138 valence electrons. The van der Waals surface area contributed by atoms with Gasteiger partial charge in [-0.2, -0.15) is 13.7 Å².